The molecule has 98 valence electrons. The number of aryl methyl sites for hydroxylation is 1. The molecule has 2 rings (SSSR count). The lowest BCUT2D eigenvalue weighted by Gasteiger charge is -1.97. The minimum atomic E-state index is -0.454. The number of primary amides is 1. The van der Waals surface area contributed by atoms with E-state index in [-0.39, 0.29) is 18.0 Å². The van der Waals surface area contributed by atoms with Crippen LogP contribution in [0.15, 0.2) is 40.8 Å². The molecule has 6 nitrogen and oxygen atoms in total. The van der Waals surface area contributed by atoms with Crippen molar-refractivity contribution in [1.82, 2.24) is 0 Å². The van der Waals surface area contributed by atoms with E-state index in [9.17, 15) is 14.9 Å². The van der Waals surface area contributed by atoms with E-state index in [1.54, 1.807) is 24.3 Å². The fourth-order valence-electron chi connectivity index (χ4n) is 1.66. The molecule has 0 aliphatic rings. The molecule has 0 aliphatic carbocycles. The molecule has 1 aromatic carbocycles. The topological polar surface area (TPSA) is 99.4 Å². The van der Waals surface area contributed by atoms with Crippen LogP contribution in [0, 0.1) is 10.1 Å². The highest BCUT2D eigenvalue weighted by atomic mass is 16.6. The molecule has 6 heteroatoms. The molecular formula is C13H12N2O4. The molecule has 0 aliphatic heterocycles. The van der Waals surface area contributed by atoms with Gasteiger partial charge in [0.15, 0.2) is 0 Å². The number of amides is 1. The first-order valence-corrected chi connectivity index (χ1v) is 5.68. The van der Waals surface area contributed by atoms with Crippen LogP contribution in [0.2, 0.25) is 0 Å². The largest absolute Gasteiger partial charge is 0.461 e. The van der Waals surface area contributed by atoms with Gasteiger partial charge in [-0.25, -0.2) is 0 Å². The summed E-state index contributed by atoms with van der Waals surface area (Å²) in [4.78, 5) is 20.8. The Morgan fingerprint density at radius 1 is 1.21 bits per heavy atom. The summed E-state index contributed by atoms with van der Waals surface area (Å²) in [5, 5.41) is 10.5. The number of rotatable bonds is 5. The number of carbonyl (C=O) groups excluding carboxylic acids is 1. The molecule has 0 atom stereocenters. The highest BCUT2D eigenvalue weighted by Crippen LogP contribution is 2.24. The zero-order chi connectivity index (χ0) is 13.8. The van der Waals surface area contributed by atoms with Gasteiger partial charge in [-0.2, -0.15) is 0 Å². The minimum absolute atomic E-state index is 0.0317. The number of nitro benzene ring substituents is 1. The van der Waals surface area contributed by atoms with Crippen molar-refractivity contribution in [1.29, 1.82) is 0 Å². The van der Waals surface area contributed by atoms with Crippen molar-refractivity contribution in [3.63, 3.8) is 0 Å². The van der Waals surface area contributed by atoms with Gasteiger partial charge in [0.05, 0.1) is 4.92 Å². The first kappa shape index (κ1) is 12.8. The van der Waals surface area contributed by atoms with Crippen LogP contribution in [-0.2, 0) is 11.2 Å². The van der Waals surface area contributed by atoms with E-state index in [0.29, 0.717) is 17.9 Å². The quantitative estimate of drug-likeness (QED) is 0.658. The number of nitrogens with zero attached hydrogens (tertiary/aromatic N) is 1. The average Bonchev–Trinajstić information content (AvgIpc) is 2.85. The first-order chi connectivity index (χ1) is 9.06. The van der Waals surface area contributed by atoms with Crippen LogP contribution in [0.1, 0.15) is 12.2 Å². The third kappa shape index (κ3) is 3.19. The molecule has 2 aromatic rings. The van der Waals surface area contributed by atoms with Gasteiger partial charge in [0, 0.05) is 30.5 Å². The smallest absolute Gasteiger partial charge is 0.269 e. The van der Waals surface area contributed by atoms with Crippen molar-refractivity contribution in [3.05, 3.63) is 52.3 Å². The van der Waals surface area contributed by atoms with Gasteiger partial charge < -0.3 is 10.2 Å². The molecule has 0 unspecified atom stereocenters. The van der Waals surface area contributed by atoms with E-state index in [1.165, 1.54) is 12.1 Å². The van der Waals surface area contributed by atoms with Crippen molar-refractivity contribution in [2.45, 2.75) is 12.8 Å². The van der Waals surface area contributed by atoms with Gasteiger partial charge in [-0.05, 0) is 24.3 Å². The molecule has 1 aromatic heterocycles. The summed E-state index contributed by atoms with van der Waals surface area (Å²) in [6.07, 6.45) is 0.676. The Hall–Kier alpha value is -2.63. The molecular weight excluding hydrogens is 248 g/mol. The molecule has 2 N–H and O–H groups in total. The normalized spacial score (nSPS) is 10.3. The van der Waals surface area contributed by atoms with Crippen LogP contribution in [0.25, 0.3) is 11.3 Å². The maximum Gasteiger partial charge on any atom is 0.269 e. The molecule has 0 radical (unpaired) electrons. The van der Waals surface area contributed by atoms with Crippen molar-refractivity contribution in [2.75, 3.05) is 0 Å². The number of nitrogens with two attached hydrogens (primary N) is 1. The molecule has 0 saturated heterocycles. The number of furan rings is 1. The van der Waals surface area contributed by atoms with Gasteiger partial charge in [0.25, 0.3) is 5.69 Å². The van der Waals surface area contributed by atoms with E-state index in [0.717, 1.165) is 5.56 Å². The van der Waals surface area contributed by atoms with Crippen LogP contribution in [0.4, 0.5) is 5.69 Å². The zero-order valence-electron chi connectivity index (χ0n) is 10.0. The number of hydrogen-bond donors (Lipinski definition) is 1. The van der Waals surface area contributed by atoms with Crippen molar-refractivity contribution in [2.24, 2.45) is 5.73 Å². The van der Waals surface area contributed by atoms with Crippen molar-refractivity contribution < 1.29 is 14.1 Å². The van der Waals surface area contributed by atoms with E-state index < -0.39 is 4.92 Å². The van der Waals surface area contributed by atoms with Gasteiger partial charge in [0.1, 0.15) is 11.5 Å². The van der Waals surface area contributed by atoms with Gasteiger partial charge in [-0.15, -0.1) is 0 Å². The third-order valence-corrected chi connectivity index (χ3v) is 2.64. The number of hydrogen-bond acceptors (Lipinski definition) is 4. The lowest BCUT2D eigenvalue weighted by molar-refractivity contribution is -0.384. The summed E-state index contributed by atoms with van der Waals surface area (Å²) in [5.74, 6) is 0.884. The van der Waals surface area contributed by atoms with E-state index >= 15 is 0 Å². The van der Waals surface area contributed by atoms with Crippen LogP contribution in [0.5, 0.6) is 0 Å². The highest BCUT2D eigenvalue weighted by Gasteiger charge is 2.08. The van der Waals surface area contributed by atoms with Crippen LogP contribution < -0.4 is 5.73 Å². The second-order valence-electron chi connectivity index (χ2n) is 4.04. The molecule has 0 bridgehead atoms. The summed E-state index contributed by atoms with van der Waals surface area (Å²) < 4.78 is 5.54. The first-order valence-electron chi connectivity index (χ1n) is 5.68. The molecule has 1 amide bonds. The maximum absolute atomic E-state index is 10.7. The van der Waals surface area contributed by atoms with Crippen molar-refractivity contribution >= 4 is 11.6 Å². The molecule has 0 saturated carbocycles. The lowest BCUT2D eigenvalue weighted by atomic mass is 10.1. The monoisotopic (exact) mass is 260 g/mol. The minimum Gasteiger partial charge on any atom is -0.461 e. The number of nitro groups is 1. The lowest BCUT2D eigenvalue weighted by Crippen LogP contribution is -2.10. The zero-order valence-corrected chi connectivity index (χ0v) is 10.0. The standard InChI is InChI=1S/C13H12N2O4/c14-13(16)8-6-11-5-7-12(19-11)9-1-3-10(4-2-9)15(17)18/h1-5,7H,6,8H2,(H2,14,16). The van der Waals surface area contributed by atoms with E-state index in [1.807, 2.05) is 0 Å². The Kier molecular flexibility index (Phi) is 3.61. The Labute approximate surface area is 109 Å². The molecule has 0 spiro atoms. The fraction of sp³-hybridized carbons (Fsp3) is 0.154. The number of non-ortho nitro benzene ring substituents is 1. The summed E-state index contributed by atoms with van der Waals surface area (Å²) >= 11 is 0. The Morgan fingerprint density at radius 3 is 2.47 bits per heavy atom. The molecule has 1 heterocycles. The van der Waals surface area contributed by atoms with Crippen LogP contribution in [-0.4, -0.2) is 10.8 Å². The van der Waals surface area contributed by atoms with Gasteiger partial charge in [0.2, 0.25) is 5.91 Å². The predicted octanol–water partition coefficient (Wildman–Crippen LogP) is 2.27. The summed E-state index contributed by atoms with van der Waals surface area (Å²) in [7, 11) is 0. The van der Waals surface area contributed by atoms with Crippen LogP contribution in [0.3, 0.4) is 0 Å². The average molecular weight is 260 g/mol. The fourth-order valence-corrected chi connectivity index (χ4v) is 1.66. The molecule has 0 fully saturated rings. The Balaban J connectivity index is 2.13. The summed E-state index contributed by atoms with van der Waals surface area (Å²) in [5.41, 5.74) is 5.84. The molecule has 19 heavy (non-hydrogen) atoms. The summed E-state index contributed by atoms with van der Waals surface area (Å²) in [6.45, 7) is 0. The van der Waals surface area contributed by atoms with Crippen molar-refractivity contribution in [3.8, 4) is 11.3 Å². The summed E-state index contributed by atoms with van der Waals surface area (Å²) in [6, 6.07) is 9.60. The van der Waals surface area contributed by atoms with E-state index in [4.69, 9.17) is 10.2 Å². The number of benzene rings is 1. The highest BCUT2D eigenvalue weighted by molar-refractivity contribution is 5.73. The third-order valence-electron chi connectivity index (χ3n) is 2.64. The Bertz CT molecular complexity index is 601. The van der Waals surface area contributed by atoms with E-state index in [2.05, 4.69) is 0 Å². The number of carbonyl (C=O) groups is 1. The second kappa shape index (κ2) is 5.34. The van der Waals surface area contributed by atoms with Gasteiger partial charge in [-0.3, -0.25) is 14.9 Å². The van der Waals surface area contributed by atoms with Gasteiger partial charge >= 0.3 is 0 Å². The SMILES string of the molecule is NC(=O)CCc1ccc(-c2ccc([N+](=O)[O-])cc2)o1. The maximum atomic E-state index is 10.7. The Morgan fingerprint density at radius 2 is 1.89 bits per heavy atom. The predicted molar refractivity (Wildman–Crippen MR) is 68.3 cm³/mol. The van der Waals surface area contributed by atoms with Gasteiger partial charge in [-0.1, -0.05) is 0 Å². The second-order valence-corrected chi connectivity index (χ2v) is 4.04. The van der Waals surface area contributed by atoms with Crippen LogP contribution >= 0.6 is 0 Å².